The van der Waals surface area contributed by atoms with E-state index < -0.39 is 0 Å². The molecular formula is C29H40. The van der Waals surface area contributed by atoms with Crippen molar-refractivity contribution in [2.24, 2.45) is 34.0 Å². The monoisotopic (exact) mass is 388 g/mol. The molecule has 0 aromatic carbocycles. The van der Waals surface area contributed by atoms with Crippen molar-refractivity contribution in [3.8, 4) is 0 Å². The number of rotatable bonds is 3. The van der Waals surface area contributed by atoms with E-state index in [1.165, 1.54) is 31.3 Å². The number of hydrogen-bond acceptors (Lipinski definition) is 0. The van der Waals surface area contributed by atoms with Gasteiger partial charge in [0.05, 0.1) is 0 Å². The Bertz CT molecular complexity index is 874. The van der Waals surface area contributed by atoms with Crippen LogP contribution in [0, 0.1) is 34.0 Å². The van der Waals surface area contributed by atoms with Crippen molar-refractivity contribution in [2.45, 2.75) is 73.6 Å². The Morgan fingerprint density at radius 1 is 1.28 bits per heavy atom. The van der Waals surface area contributed by atoms with Gasteiger partial charge in [0.15, 0.2) is 0 Å². The van der Waals surface area contributed by atoms with Crippen LogP contribution in [0.1, 0.15) is 73.6 Å². The molecule has 0 saturated heterocycles. The van der Waals surface area contributed by atoms with Crippen LogP contribution >= 0.6 is 0 Å². The SMILES string of the molecule is C=C1C=C[C@@]2(C)C(=C1)CCC1C2=CC[C@@]2(C)C1C[C@H](/C(C)=C/C)[C@]2(C)C(=C)CC. The van der Waals surface area contributed by atoms with Gasteiger partial charge in [-0.25, -0.2) is 0 Å². The van der Waals surface area contributed by atoms with Gasteiger partial charge in [-0.1, -0.05) is 86.6 Å². The smallest absolute Gasteiger partial charge is 0.0281 e. The maximum absolute atomic E-state index is 4.64. The molecule has 6 atom stereocenters. The molecule has 0 spiro atoms. The summed E-state index contributed by atoms with van der Waals surface area (Å²) in [7, 11) is 0. The van der Waals surface area contributed by atoms with Crippen molar-refractivity contribution < 1.29 is 0 Å². The molecule has 0 amide bonds. The molecule has 0 aromatic heterocycles. The molecule has 2 saturated carbocycles. The predicted octanol–water partition coefficient (Wildman–Crippen LogP) is 8.37. The molecule has 0 aromatic rings. The van der Waals surface area contributed by atoms with E-state index in [0.29, 0.717) is 17.3 Å². The third kappa shape index (κ3) is 2.57. The second-order valence-electron chi connectivity index (χ2n) is 10.8. The van der Waals surface area contributed by atoms with Crippen LogP contribution in [0.25, 0.3) is 0 Å². The fourth-order valence-corrected chi connectivity index (χ4v) is 7.74. The van der Waals surface area contributed by atoms with Crippen LogP contribution in [0.5, 0.6) is 0 Å². The molecule has 4 rings (SSSR count). The van der Waals surface area contributed by atoms with E-state index in [9.17, 15) is 0 Å². The second-order valence-corrected chi connectivity index (χ2v) is 10.8. The van der Waals surface area contributed by atoms with Gasteiger partial charge >= 0.3 is 0 Å². The van der Waals surface area contributed by atoms with Gasteiger partial charge in [0, 0.05) is 10.8 Å². The minimum absolute atomic E-state index is 0.108. The summed E-state index contributed by atoms with van der Waals surface area (Å²) in [5.74, 6) is 2.06. The van der Waals surface area contributed by atoms with Crippen LogP contribution in [0.15, 0.2) is 71.4 Å². The Labute approximate surface area is 179 Å². The summed E-state index contributed by atoms with van der Waals surface area (Å²) in [6, 6.07) is 0. The normalized spacial score (nSPS) is 43.9. The lowest BCUT2D eigenvalue weighted by Gasteiger charge is -2.55. The first kappa shape index (κ1) is 20.7. The lowest BCUT2D eigenvalue weighted by Crippen LogP contribution is -2.47. The van der Waals surface area contributed by atoms with Gasteiger partial charge in [0.25, 0.3) is 0 Å². The van der Waals surface area contributed by atoms with Gasteiger partial charge in [0.2, 0.25) is 0 Å². The van der Waals surface area contributed by atoms with E-state index in [-0.39, 0.29) is 10.8 Å². The Kier molecular flexibility index (Phi) is 4.80. The van der Waals surface area contributed by atoms with E-state index in [4.69, 9.17) is 0 Å². The Balaban J connectivity index is 1.82. The van der Waals surface area contributed by atoms with Gasteiger partial charge in [0.1, 0.15) is 0 Å². The molecule has 0 heterocycles. The molecule has 29 heavy (non-hydrogen) atoms. The van der Waals surface area contributed by atoms with E-state index >= 15 is 0 Å². The summed E-state index contributed by atoms with van der Waals surface area (Å²) in [5.41, 5.74) is 8.05. The molecular weight excluding hydrogens is 348 g/mol. The average Bonchev–Trinajstić information content (AvgIpc) is 2.96. The first-order valence-electron chi connectivity index (χ1n) is 11.7. The van der Waals surface area contributed by atoms with Gasteiger partial charge in [-0.05, 0) is 81.6 Å². The van der Waals surface area contributed by atoms with Crippen LogP contribution < -0.4 is 0 Å². The highest BCUT2D eigenvalue weighted by molar-refractivity contribution is 5.50. The van der Waals surface area contributed by atoms with Crippen molar-refractivity contribution in [1.82, 2.24) is 0 Å². The summed E-state index contributed by atoms with van der Waals surface area (Å²) in [4.78, 5) is 0. The fraction of sp³-hybridized carbons (Fsp3) is 0.586. The Morgan fingerprint density at radius 3 is 2.66 bits per heavy atom. The molecule has 0 bridgehead atoms. The fourth-order valence-electron chi connectivity index (χ4n) is 7.74. The van der Waals surface area contributed by atoms with Crippen molar-refractivity contribution >= 4 is 0 Å². The average molecular weight is 389 g/mol. The van der Waals surface area contributed by atoms with E-state index in [0.717, 1.165) is 17.9 Å². The number of hydrogen-bond donors (Lipinski definition) is 0. The molecule has 156 valence electrons. The minimum Gasteiger partial charge on any atom is -0.0993 e. The lowest BCUT2D eigenvalue weighted by atomic mass is 9.48. The van der Waals surface area contributed by atoms with Gasteiger partial charge < -0.3 is 0 Å². The molecule has 0 radical (unpaired) electrons. The van der Waals surface area contributed by atoms with Gasteiger partial charge in [-0.15, -0.1) is 0 Å². The summed E-state index contributed by atoms with van der Waals surface area (Å²) in [6.07, 6.45) is 18.2. The van der Waals surface area contributed by atoms with Gasteiger partial charge in [-0.3, -0.25) is 0 Å². The molecule has 2 unspecified atom stereocenters. The molecule has 0 N–H and O–H groups in total. The quantitative estimate of drug-likeness (QED) is 0.426. The van der Waals surface area contributed by atoms with Crippen LogP contribution in [-0.4, -0.2) is 0 Å². The van der Waals surface area contributed by atoms with Crippen LogP contribution in [0.3, 0.4) is 0 Å². The molecule has 0 nitrogen and oxygen atoms in total. The molecule has 0 heteroatoms. The highest BCUT2D eigenvalue weighted by Gasteiger charge is 2.64. The van der Waals surface area contributed by atoms with Crippen LogP contribution in [0.2, 0.25) is 0 Å². The lowest BCUT2D eigenvalue weighted by molar-refractivity contribution is 0.0436. The third-order valence-electron chi connectivity index (χ3n) is 9.97. The van der Waals surface area contributed by atoms with Crippen molar-refractivity contribution in [1.29, 1.82) is 0 Å². The standard InChI is InChI=1S/C29H40/c1-9-20(4)25-18-26-23-12-11-22-17-19(3)13-15-27(22,6)24(23)14-16-28(26,7)29(25,8)21(5)10-2/h9,13-15,17,23,25-26H,3,5,10-12,16,18H2,1-2,4,6-8H3/b20-9+/t23?,25-,26?,27+,28+,29+/m1/s1. The molecule has 0 aliphatic heterocycles. The minimum atomic E-state index is 0.108. The maximum Gasteiger partial charge on any atom is 0.0281 e. The number of allylic oxidation sites excluding steroid dienone is 10. The van der Waals surface area contributed by atoms with Gasteiger partial charge in [-0.2, -0.15) is 0 Å². The van der Waals surface area contributed by atoms with Crippen molar-refractivity contribution in [3.05, 3.63) is 71.4 Å². The van der Waals surface area contributed by atoms with E-state index in [1.807, 2.05) is 0 Å². The maximum atomic E-state index is 4.64. The zero-order chi connectivity index (χ0) is 21.2. The highest BCUT2D eigenvalue weighted by atomic mass is 14.7. The summed E-state index contributed by atoms with van der Waals surface area (Å²) in [5, 5.41) is 0. The largest absolute Gasteiger partial charge is 0.0993 e. The molecule has 4 aliphatic rings. The summed E-state index contributed by atoms with van der Waals surface area (Å²) in [6.45, 7) is 23.3. The zero-order valence-corrected chi connectivity index (χ0v) is 19.6. The second kappa shape index (κ2) is 6.73. The molecule has 2 fully saturated rings. The molecule has 4 aliphatic carbocycles. The van der Waals surface area contributed by atoms with Crippen molar-refractivity contribution in [2.75, 3.05) is 0 Å². The highest BCUT2D eigenvalue weighted by Crippen LogP contribution is 2.72. The summed E-state index contributed by atoms with van der Waals surface area (Å²) >= 11 is 0. The topological polar surface area (TPSA) is 0 Å². The van der Waals surface area contributed by atoms with Crippen LogP contribution in [0.4, 0.5) is 0 Å². The Hall–Kier alpha value is -1.56. The van der Waals surface area contributed by atoms with Crippen LogP contribution in [-0.2, 0) is 0 Å². The first-order chi connectivity index (χ1) is 13.6. The number of fused-ring (bicyclic) bond motifs is 5. The zero-order valence-electron chi connectivity index (χ0n) is 19.6. The van der Waals surface area contributed by atoms with Crippen molar-refractivity contribution in [3.63, 3.8) is 0 Å². The summed E-state index contributed by atoms with van der Waals surface area (Å²) < 4.78 is 0. The predicted molar refractivity (Wildman–Crippen MR) is 127 cm³/mol. The van der Waals surface area contributed by atoms with E-state index in [1.54, 1.807) is 16.7 Å². The third-order valence-corrected chi connectivity index (χ3v) is 9.97. The first-order valence-corrected chi connectivity index (χ1v) is 11.7. The Morgan fingerprint density at radius 2 is 2.00 bits per heavy atom. The van der Waals surface area contributed by atoms with E-state index in [2.05, 4.69) is 85.1 Å².